The van der Waals surface area contributed by atoms with Gasteiger partial charge in [0.2, 0.25) is 15.9 Å². The summed E-state index contributed by atoms with van der Waals surface area (Å²) in [6.45, 7) is 0.0810. The summed E-state index contributed by atoms with van der Waals surface area (Å²) in [5.41, 5.74) is 0.575. The average Bonchev–Trinajstić information content (AvgIpc) is 2.79. The zero-order valence-electron chi connectivity index (χ0n) is 17.6. The van der Waals surface area contributed by atoms with Crippen molar-refractivity contribution >= 4 is 33.2 Å². The third kappa shape index (κ3) is 5.42. The van der Waals surface area contributed by atoms with Crippen molar-refractivity contribution in [2.75, 3.05) is 30.3 Å². The number of sulfonamides is 1. The van der Waals surface area contributed by atoms with Gasteiger partial charge >= 0.3 is 6.36 Å². The van der Waals surface area contributed by atoms with E-state index in [-0.39, 0.29) is 54.9 Å². The number of hydrogen-bond acceptors (Lipinski definition) is 6. The number of nitrogens with one attached hydrogen (secondary N) is 2. The second-order valence-electron chi connectivity index (χ2n) is 7.73. The Morgan fingerprint density at radius 1 is 1.12 bits per heavy atom. The number of nitrogens with zero attached hydrogens (tertiary/aromatic N) is 1. The Morgan fingerprint density at radius 2 is 1.79 bits per heavy atom. The van der Waals surface area contributed by atoms with E-state index in [0.29, 0.717) is 11.4 Å². The van der Waals surface area contributed by atoms with Crippen molar-refractivity contribution in [3.63, 3.8) is 0 Å². The number of rotatable bonds is 5. The van der Waals surface area contributed by atoms with E-state index in [1.54, 1.807) is 0 Å². The van der Waals surface area contributed by atoms with Crippen LogP contribution in [0.1, 0.15) is 12.8 Å². The molecule has 1 fully saturated rings. The molecule has 2 aromatic rings. The smallest absolute Gasteiger partial charge is 0.482 e. The zero-order valence-corrected chi connectivity index (χ0v) is 18.4. The van der Waals surface area contributed by atoms with Crippen molar-refractivity contribution < 1.29 is 40.7 Å². The molecule has 0 aromatic heterocycles. The van der Waals surface area contributed by atoms with Gasteiger partial charge in [-0.05, 0) is 55.3 Å². The number of carbonyl (C=O) groups excluding carboxylic acids is 2. The molecule has 13 heteroatoms. The first-order valence-electron chi connectivity index (χ1n) is 10.2. The fourth-order valence-electron chi connectivity index (χ4n) is 3.71. The Morgan fingerprint density at radius 3 is 2.44 bits per heavy atom. The molecule has 0 unspecified atom stereocenters. The van der Waals surface area contributed by atoms with Crippen LogP contribution in [0.25, 0.3) is 0 Å². The van der Waals surface area contributed by atoms with Crippen LogP contribution >= 0.6 is 0 Å². The van der Waals surface area contributed by atoms with Gasteiger partial charge in [-0.15, -0.1) is 13.2 Å². The molecule has 2 aromatic carbocycles. The summed E-state index contributed by atoms with van der Waals surface area (Å²) in [5, 5.41) is 5.20. The minimum Gasteiger partial charge on any atom is -0.482 e. The monoisotopic (exact) mass is 499 g/mol. The number of halogens is 3. The summed E-state index contributed by atoms with van der Waals surface area (Å²) < 4.78 is 73.1. The highest BCUT2D eigenvalue weighted by atomic mass is 32.2. The summed E-state index contributed by atoms with van der Waals surface area (Å²) >= 11 is 0. The summed E-state index contributed by atoms with van der Waals surface area (Å²) in [6.07, 6.45) is -4.27. The van der Waals surface area contributed by atoms with E-state index in [4.69, 9.17) is 4.74 Å². The van der Waals surface area contributed by atoms with E-state index >= 15 is 0 Å². The molecule has 9 nitrogen and oxygen atoms in total. The highest BCUT2D eigenvalue weighted by Crippen LogP contribution is 2.32. The van der Waals surface area contributed by atoms with Gasteiger partial charge in [-0.2, -0.15) is 4.31 Å². The SMILES string of the molecule is O=C1COc2ccc(S(=O)(=O)N3CCC(C(=O)Nc4ccc(OC(F)(F)F)cc4)CC3)cc2N1. The third-order valence-electron chi connectivity index (χ3n) is 5.40. The van der Waals surface area contributed by atoms with Gasteiger partial charge < -0.3 is 20.1 Å². The van der Waals surface area contributed by atoms with Gasteiger partial charge in [-0.3, -0.25) is 9.59 Å². The minimum absolute atomic E-state index is 0.00103. The van der Waals surface area contributed by atoms with E-state index in [1.165, 1.54) is 34.6 Å². The van der Waals surface area contributed by atoms with Gasteiger partial charge in [0.15, 0.2) is 6.61 Å². The molecule has 4 rings (SSSR count). The lowest BCUT2D eigenvalue weighted by molar-refractivity contribution is -0.274. The molecule has 2 amide bonds. The van der Waals surface area contributed by atoms with Crippen molar-refractivity contribution in [1.82, 2.24) is 4.31 Å². The molecule has 2 aliphatic rings. The predicted octanol–water partition coefficient (Wildman–Crippen LogP) is 2.96. The molecule has 0 radical (unpaired) electrons. The quantitative estimate of drug-likeness (QED) is 0.654. The van der Waals surface area contributed by atoms with E-state index in [1.807, 2.05) is 0 Å². The summed E-state index contributed by atoms with van der Waals surface area (Å²) in [7, 11) is -3.85. The fraction of sp³-hybridized carbons (Fsp3) is 0.333. The third-order valence-corrected chi connectivity index (χ3v) is 7.30. The second-order valence-corrected chi connectivity index (χ2v) is 9.67. The fourth-order valence-corrected chi connectivity index (χ4v) is 5.21. The van der Waals surface area contributed by atoms with Gasteiger partial charge in [0.25, 0.3) is 5.91 Å². The number of hydrogen-bond donors (Lipinski definition) is 2. The molecular weight excluding hydrogens is 479 g/mol. The number of carbonyl (C=O) groups is 2. The van der Waals surface area contributed by atoms with Crippen LogP contribution in [-0.4, -0.2) is 50.6 Å². The number of amides is 2. The summed E-state index contributed by atoms with van der Waals surface area (Å²) in [4.78, 5) is 24.1. The maximum absolute atomic E-state index is 13.0. The van der Waals surface area contributed by atoms with Gasteiger partial charge in [-0.25, -0.2) is 8.42 Å². The Kier molecular flexibility index (Phi) is 6.41. The van der Waals surface area contributed by atoms with Crippen molar-refractivity contribution in [3.8, 4) is 11.5 Å². The first kappa shape index (κ1) is 23.8. The minimum atomic E-state index is -4.81. The highest BCUT2D eigenvalue weighted by molar-refractivity contribution is 7.89. The predicted molar refractivity (Wildman–Crippen MR) is 114 cm³/mol. The van der Waals surface area contributed by atoms with E-state index in [9.17, 15) is 31.2 Å². The molecule has 34 heavy (non-hydrogen) atoms. The highest BCUT2D eigenvalue weighted by Gasteiger charge is 2.33. The molecule has 0 saturated carbocycles. The number of anilines is 2. The second kappa shape index (κ2) is 9.14. The lowest BCUT2D eigenvalue weighted by Gasteiger charge is -2.31. The average molecular weight is 499 g/mol. The number of piperidine rings is 1. The van der Waals surface area contributed by atoms with Crippen molar-refractivity contribution in [3.05, 3.63) is 42.5 Å². The Hall–Kier alpha value is -3.32. The van der Waals surface area contributed by atoms with E-state index in [2.05, 4.69) is 15.4 Å². The summed E-state index contributed by atoms with van der Waals surface area (Å²) in [6, 6.07) is 8.97. The maximum Gasteiger partial charge on any atom is 0.573 e. The van der Waals surface area contributed by atoms with Gasteiger partial charge in [-0.1, -0.05) is 0 Å². The standard InChI is InChI=1S/C21H20F3N3O6S/c22-21(23,24)33-15-3-1-14(2-4-15)25-20(29)13-7-9-27(10-8-13)34(30,31)16-5-6-18-17(11-16)26-19(28)12-32-18/h1-6,11,13H,7-10,12H2,(H,25,29)(H,26,28). The molecule has 1 saturated heterocycles. The number of fused-ring (bicyclic) bond motifs is 1. The molecule has 0 aliphatic carbocycles. The van der Waals surface area contributed by atoms with E-state index in [0.717, 1.165) is 12.1 Å². The number of alkyl halides is 3. The molecule has 182 valence electrons. The van der Waals surface area contributed by atoms with Crippen LogP contribution in [0.4, 0.5) is 24.5 Å². The van der Waals surface area contributed by atoms with Crippen molar-refractivity contribution in [1.29, 1.82) is 0 Å². The van der Waals surface area contributed by atoms with Gasteiger partial charge in [0.05, 0.1) is 10.6 Å². The molecule has 2 aliphatic heterocycles. The molecule has 2 N–H and O–H groups in total. The first-order valence-corrected chi connectivity index (χ1v) is 11.7. The van der Waals surface area contributed by atoms with Crippen LogP contribution in [0.15, 0.2) is 47.4 Å². The van der Waals surface area contributed by atoms with Crippen LogP contribution < -0.4 is 20.1 Å². The molecule has 0 atom stereocenters. The van der Waals surface area contributed by atoms with E-state index < -0.39 is 28.1 Å². The van der Waals surface area contributed by atoms with Crippen molar-refractivity contribution in [2.24, 2.45) is 5.92 Å². The van der Waals surface area contributed by atoms with Crippen LogP contribution in [0.2, 0.25) is 0 Å². The largest absolute Gasteiger partial charge is 0.573 e. The number of ether oxygens (including phenoxy) is 2. The van der Waals surface area contributed by atoms with Crippen LogP contribution in [-0.2, 0) is 19.6 Å². The molecule has 0 bridgehead atoms. The molecular formula is C21H20F3N3O6S. The van der Waals surface area contributed by atoms with Crippen LogP contribution in [0, 0.1) is 5.92 Å². The van der Waals surface area contributed by atoms with Crippen LogP contribution in [0.3, 0.4) is 0 Å². The van der Waals surface area contributed by atoms with Gasteiger partial charge in [0, 0.05) is 24.7 Å². The molecule has 0 spiro atoms. The van der Waals surface area contributed by atoms with Crippen LogP contribution in [0.5, 0.6) is 11.5 Å². The van der Waals surface area contributed by atoms with Gasteiger partial charge in [0.1, 0.15) is 11.5 Å². The topological polar surface area (TPSA) is 114 Å². The number of benzene rings is 2. The molecule has 2 heterocycles. The summed E-state index contributed by atoms with van der Waals surface area (Å²) in [5.74, 6) is -1.22. The first-order chi connectivity index (χ1) is 16.0. The lowest BCUT2D eigenvalue weighted by Crippen LogP contribution is -2.41. The Labute approximate surface area is 192 Å². The Balaban J connectivity index is 1.35. The normalized spacial score (nSPS) is 17.3. The maximum atomic E-state index is 13.0. The van der Waals surface area contributed by atoms with Crippen molar-refractivity contribution in [2.45, 2.75) is 24.1 Å². The lowest BCUT2D eigenvalue weighted by atomic mass is 9.97. The zero-order chi connectivity index (χ0) is 24.5. The Bertz CT molecular complexity index is 1190.